The highest BCUT2D eigenvalue weighted by molar-refractivity contribution is 6.00. The maximum absolute atomic E-state index is 12.5. The number of fused-ring (bicyclic) bond motifs is 1. The van der Waals surface area contributed by atoms with E-state index in [1.54, 1.807) is 49.4 Å². The quantitative estimate of drug-likeness (QED) is 0.612. The third kappa shape index (κ3) is 5.11. The Kier molecular flexibility index (Phi) is 6.53. The number of hydrazine groups is 1. The van der Waals surface area contributed by atoms with Crippen LogP contribution in [0.25, 0.3) is 0 Å². The highest BCUT2D eigenvalue weighted by atomic mass is 16.7. The number of nitrogens with one attached hydrogen (secondary N) is 2. The summed E-state index contributed by atoms with van der Waals surface area (Å²) in [5.41, 5.74) is 5.37. The lowest BCUT2D eigenvalue weighted by atomic mass is 10.1. The number of rotatable bonds is 7. The lowest BCUT2D eigenvalue weighted by Crippen LogP contribution is -2.49. The van der Waals surface area contributed by atoms with Crippen LogP contribution in [0.3, 0.4) is 0 Å². The molecular weight excluding hydrogens is 430 g/mol. The molecule has 2 aliphatic heterocycles. The fourth-order valence-corrected chi connectivity index (χ4v) is 3.55. The Morgan fingerprint density at radius 2 is 1.82 bits per heavy atom. The Labute approximate surface area is 190 Å². The smallest absolute Gasteiger partial charge is 0.279 e. The molecule has 10 heteroatoms. The minimum absolute atomic E-state index is 0.0361. The molecule has 2 heterocycles. The van der Waals surface area contributed by atoms with E-state index in [0.717, 1.165) is 0 Å². The van der Waals surface area contributed by atoms with Crippen molar-refractivity contribution in [3.63, 3.8) is 0 Å². The third-order valence-corrected chi connectivity index (χ3v) is 5.29. The van der Waals surface area contributed by atoms with Crippen LogP contribution in [-0.2, 0) is 14.4 Å². The zero-order chi connectivity index (χ0) is 23.4. The largest absolute Gasteiger partial charge is 0.494 e. The molecule has 2 atom stereocenters. The molecule has 174 valence electrons. The predicted octanol–water partition coefficient (Wildman–Crippen LogP) is 1.78. The van der Waals surface area contributed by atoms with Crippen LogP contribution in [0, 0.1) is 5.92 Å². The molecule has 0 spiro atoms. The molecule has 33 heavy (non-hydrogen) atoms. The van der Waals surface area contributed by atoms with Gasteiger partial charge in [0.25, 0.3) is 5.91 Å². The second-order valence-electron chi connectivity index (χ2n) is 7.59. The summed E-state index contributed by atoms with van der Waals surface area (Å²) in [5.74, 6) is 0.606. The Hall–Kier alpha value is -3.95. The molecule has 10 nitrogen and oxygen atoms in total. The fourth-order valence-electron chi connectivity index (χ4n) is 3.55. The summed E-state index contributed by atoms with van der Waals surface area (Å²) in [6.07, 6.45) is -0.812. The van der Waals surface area contributed by atoms with Gasteiger partial charge in [0, 0.05) is 24.7 Å². The van der Waals surface area contributed by atoms with Gasteiger partial charge in [-0.1, -0.05) is 0 Å². The van der Waals surface area contributed by atoms with E-state index in [2.05, 4.69) is 10.9 Å². The molecule has 1 fully saturated rings. The Balaban J connectivity index is 1.27. The molecule has 0 aliphatic carbocycles. The van der Waals surface area contributed by atoms with Gasteiger partial charge in [-0.25, -0.2) is 0 Å². The van der Waals surface area contributed by atoms with Crippen molar-refractivity contribution in [3.05, 3.63) is 42.5 Å². The monoisotopic (exact) mass is 455 g/mol. The summed E-state index contributed by atoms with van der Waals surface area (Å²) in [6.45, 7) is 4.34. The first-order valence-electron chi connectivity index (χ1n) is 10.6. The molecule has 2 N–H and O–H groups in total. The molecule has 0 radical (unpaired) electrons. The van der Waals surface area contributed by atoms with Gasteiger partial charge in [-0.05, 0) is 50.2 Å². The minimum Gasteiger partial charge on any atom is -0.494 e. The van der Waals surface area contributed by atoms with Gasteiger partial charge >= 0.3 is 0 Å². The van der Waals surface area contributed by atoms with Crippen LogP contribution in [0.4, 0.5) is 5.69 Å². The molecule has 1 saturated heterocycles. The Bertz CT molecular complexity index is 1040. The third-order valence-electron chi connectivity index (χ3n) is 5.29. The fraction of sp³-hybridized carbons (Fsp3) is 0.348. The first kappa shape index (κ1) is 22.3. The Morgan fingerprint density at radius 1 is 1.09 bits per heavy atom. The van der Waals surface area contributed by atoms with Crippen LogP contribution in [0.5, 0.6) is 23.0 Å². The van der Waals surface area contributed by atoms with E-state index in [0.29, 0.717) is 35.3 Å². The van der Waals surface area contributed by atoms with Crippen LogP contribution < -0.4 is 34.7 Å². The van der Waals surface area contributed by atoms with E-state index in [4.69, 9.17) is 18.9 Å². The van der Waals surface area contributed by atoms with Crippen LogP contribution in [0.15, 0.2) is 42.5 Å². The van der Waals surface area contributed by atoms with Crippen molar-refractivity contribution in [2.45, 2.75) is 26.4 Å². The summed E-state index contributed by atoms with van der Waals surface area (Å²) in [5, 5.41) is 0. The maximum Gasteiger partial charge on any atom is 0.279 e. The molecular formula is C23H25N3O7. The lowest BCUT2D eigenvalue weighted by molar-refractivity contribution is -0.134. The van der Waals surface area contributed by atoms with Crippen molar-refractivity contribution in [1.29, 1.82) is 0 Å². The molecule has 4 rings (SSSR count). The van der Waals surface area contributed by atoms with Gasteiger partial charge in [0.2, 0.25) is 18.6 Å². The first-order chi connectivity index (χ1) is 15.9. The summed E-state index contributed by atoms with van der Waals surface area (Å²) < 4.78 is 21.6. The number of hydrogen-bond donors (Lipinski definition) is 2. The van der Waals surface area contributed by atoms with Gasteiger partial charge in [-0.15, -0.1) is 0 Å². The van der Waals surface area contributed by atoms with E-state index in [9.17, 15) is 14.4 Å². The number of carbonyl (C=O) groups is 3. The van der Waals surface area contributed by atoms with E-state index in [1.807, 2.05) is 6.92 Å². The topological polar surface area (TPSA) is 115 Å². The highest BCUT2D eigenvalue weighted by Gasteiger charge is 2.36. The van der Waals surface area contributed by atoms with Gasteiger partial charge < -0.3 is 23.8 Å². The zero-order valence-corrected chi connectivity index (χ0v) is 18.3. The summed E-state index contributed by atoms with van der Waals surface area (Å²) in [6, 6.07) is 12.1. The van der Waals surface area contributed by atoms with Crippen molar-refractivity contribution < 1.29 is 33.3 Å². The van der Waals surface area contributed by atoms with E-state index < -0.39 is 23.8 Å². The number of nitrogens with zero attached hydrogens (tertiary/aromatic N) is 1. The van der Waals surface area contributed by atoms with Crippen molar-refractivity contribution in [2.24, 2.45) is 5.92 Å². The molecule has 0 aromatic heterocycles. The average molecular weight is 455 g/mol. The second-order valence-corrected chi connectivity index (χ2v) is 7.59. The number of benzene rings is 2. The van der Waals surface area contributed by atoms with Crippen molar-refractivity contribution in [1.82, 2.24) is 10.9 Å². The summed E-state index contributed by atoms with van der Waals surface area (Å²) in [7, 11) is 0. The number of ether oxygens (including phenoxy) is 4. The second kappa shape index (κ2) is 9.68. The van der Waals surface area contributed by atoms with Crippen molar-refractivity contribution in [3.8, 4) is 23.0 Å². The summed E-state index contributed by atoms with van der Waals surface area (Å²) in [4.78, 5) is 38.8. The van der Waals surface area contributed by atoms with Crippen molar-refractivity contribution in [2.75, 3.05) is 24.8 Å². The lowest BCUT2D eigenvalue weighted by Gasteiger charge is -2.18. The number of carbonyl (C=O) groups excluding carboxylic acids is 3. The molecule has 0 bridgehead atoms. The van der Waals surface area contributed by atoms with E-state index >= 15 is 0 Å². The van der Waals surface area contributed by atoms with Gasteiger partial charge in [-0.3, -0.25) is 25.2 Å². The molecule has 0 saturated carbocycles. The number of hydrogen-bond acceptors (Lipinski definition) is 7. The highest BCUT2D eigenvalue weighted by Crippen LogP contribution is 2.37. The molecule has 2 aromatic carbocycles. The average Bonchev–Trinajstić information content (AvgIpc) is 3.44. The van der Waals surface area contributed by atoms with Gasteiger partial charge in [0.1, 0.15) is 11.5 Å². The minimum atomic E-state index is -0.849. The predicted molar refractivity (Wildman–Crippen MR) is 117 cm³/mol. The van der Waals surface area contributed by atoms with Gasteiger partial charge in [-0.2, -0.15) is 0 Å². The zero-order valence-electron chi connectivity index (χ0n) is 18.3. The number of anilines is 1. The van der Waals surface area contributed by atoms with Gasteiger partial charge in [0.05, 0.1) is 12.5 Å². The first-order valence-corrected chi connectivity index (χ1v) is 10.6. The SMILES string of the molecule is CCOc1ccc(OC(C)C(=O)NNC(=O)C2CC(=O)N(c3ccc4c(c3)OCO4)C2)cc1. The molecule has 2 unspecified atom stereocenters. The Morgan fingerprint density at radius 3 is 2.58 bits per heavy atom. The normalized spacial score (nSPS) is 17.5. The van der Waals surface area contributed by atoms with Crippen LogP contribution >= 0.6 is 0 Å². The molecule has 2 aromatic rings. The number of amides is 3. The summed E-state index contributed by atoms with van der Waals surface area (Å²) >= 11 is 0. The van der Waals surface area contributed by atoms with E-state index in [-0.39, 0.29) is 25.7 Å². The van der Waals surface area contributed by atoms with E-state index in [1.165, 1.54) is 4.90 Å². The maximum atomic E-state index is 12.5. The van der Waals surface area contributed by atoms with Crippen molar-refractivity contribution >= 4 is 23.4 Å². The molecule has 2 aliphatic rings. The molecule has 3 amide bonds. The standard InChI is InChI=1S/C23H25N3O7/c1-3-30-17-5-7-18(8-6-17)33-14(2)22(28)24-25-23(29)15-10-21(27)26(12-15)16-4-9-19-20(11-16)32-13-31-19/h4-9,11,14-15H,3,10,12-13H2,1-2H3,(H,24,28)(H,25,29). The van der Waals surface area contributed by atoms with Crippen LogP contribution in [0.1, 0.15) is 20.3 Å². The van der Waals surface area contributed by atoms with Gasteiger partial charge in [0.15, 0.2) is 17.6 Å². The van der Waals surface area contributed by atoms with Crippen LogP contribution in [-0.4, -0.2) is 43.8 Å². The van der Waals surface area contributed by atoms with Crippen LogP contribution in [0.2, 0.25) is 0 Å².